The third-order valence-electron chi connectivity index (χ3n) is 8.41. The summed E-state index contributed by atoms with van der Waals surface area (Å²) in [6, 6.07) is 14.7. The van der Waals surface area contributed by atoms with Crippen molar-refractivity contribution in [3.8, 4) is 0 Å². The van der Waals surface area contributed by atoms with Crippen LogP contribution in [0.4, 0.5) is 0 Å². The molecule has 0 saturated carbocycles. The average molecular weight is 603 g/mol. The van der Waals surface area contributed by atoms with Gasteiger partial charge in [0, 0.05) is 25.9 Å². The van der Waals surface area contributed by atoms with Gasteiger partial charge in [0.2, 0.25) is 35.4 Å². The van der Waals surface area contributed by atoms with Crippen LogP contribution >= 0.6 is 0 Å². The van der Waals surface area contributed by atoms with Crippen LogP contribution in [-0.4, -0.2) is 95.6 Å². The standard InChI is InChI=1S/C32H38N6O6/c39-27-19-33-29(41)23(17-21-9-3-1-4-10-21)35-30(42)24(18-22-11-5-2-6-12-22)36-32(44)26-14-8-16-38(26)28(40)20-34-31(43)25-13-7-15-37(25)27/h1-6,9-12,23-26H,7-8,13-20H2,(H,33,41)(H,34,43)(H,35,42)(H,36,44)/t23-,24-,25-,26-/m0/s1. The lowest BCUT2D eigenvalue weighted by molar-refractivity contribution is -0.142. The molecular weight excluding hydrogens is 564 g/mol. The second-order valence-electron chi connectivity index (χ2n) is 11.4. The summed E-state index contributed by atoms with van der Waals surface area (Å²) >= 11 is 0. The van der Waals surface area contributed by atoms with E-state index in [9.17, 15) is 28.8 Å². The summed E-state index contributed by atoms with van der Waals surface area (Å²) in [4.78, 5) is 83.0. The number of fused-ring (bicyclic) bond motifs is 2. The summed E-state index contributed by atoms with van der Waals surface area (Å²) in [6.45, 7) is 0.0193. The molecule has 6 amide bonds. The quantitative estimate of drug-likeness (QED) is 0.376. The number of nitrogens with one attached hydrogen (secondary N) is 4. The highest BCUT2D eigenvalue weighted by Gasteiger charge is 2.38. The van der Waals surface area contributed by atoms with Gasteiger partial charge in [-0.15, -0.1) is 0 Å². The van der Waals surface area contributed by atoms with E-state index < -0.39 is 59.6 Å². The minimum atomic E-state index is -1.05. The Morgan fingerprint density at radius 3 is 1.50 bits per heavy atom. The molecule has 3 saturated heterocycles. The van der Waals surface area contributed by atoms with Crippen LogP contribution < -0.4 is 21.3 Å². The van der Waals surface area contributed by atoms with E-state index in [0.717, 1.165) is 11.1 Å². The van der Waals surface area contributed by atoms with E-state index >= 15 is 0 Å². The number of rotatable bonds is 4. The van der Waals surface area contributed by atoms with E-state index in [1.807, 2.05) is 60.7 Å². The third-order valence-corrected chi connectivity index (χ3v) is 8.41. The summed E-state index contributed by atoms with van der Waals surface area (Å²) < 4.78 is 0. The molecular formula is C32H38N6O6. The van der Waals surface area contributed by atoms with Gasteiger partial charge in [-0.05, 0) is 36.8 Å². The number of benzene rings is 2. The predicted octanol–water partition coefficient (Wildman–Crippen LogP) is -0.331. The van der Waals surface area contributed by atoms with Gasteiger partial charge in [-0.1, -0.05) is 60.7 Å². The fraction of sp³-hybridized carbons (Fsp3) is 0.438. The number of hydrogen-bond donors (Lipinski definition) is 4. The molecule has 3 aliphatic heterocycles. The number of carbonyl (C=O) groups is 6. The molecule has 0 aromatic heterocycles. The Hall–Kier alpha value is -4.74. The average Bonchev–Trinajstić information content (AvgIpc) is 3.73. The van der Waals surface area contributed by atoms with Crippen molar-refractivity contribution in [2.45, 2.75) is 62.7 Å². The summed E-state index contributed by atoms with van der Waals surface area (Å²) in [5.41, 5.74) is 1.59. The molecule has 0 bridgehead atoms. The molecule has 0 spiro atoms. The van der Waals surface area contributed by atoms with E-state index in [-0.39, 0.29) is 25.9 Å². The first kappa shape index (κ1) is 30.7. The number of hydrogen-bond acceptors (Lipinski definition) is 6. The fourth-order valence-corrected chi connectivity index (χ4v) is 6.10. The Morgan fingerprint density at radius 1 is 0.545 bits per heavy atom. The zero-order valence-electron chi connectivity index (χ0n) is 24.5. The number of amides is 6. The second kappa shape index (κ2) is 14.2. The van der Waals surface area contributed by atoms with Crippen molar-refractivity contribution >= 4 is 35.4 Å². The van der Waals surface area contributed by atoms with Crippen molar-refractivity contribution in [1.29, 1.82) is 0 Å². The molecule has 2 aromatic rings. The zero-order valence-corrected chi connectivity index (χ0v) is 24.5. The van der Waals surface area contributed by atoms with Crippen LogP contribution in [0.3, 0.4) is 0 Å². The van der Waals surface area contributed by atoms with Gasteiger partial charge in [0.15, 0.2) is 0 Å². The SMILES string of the molecule is O=C1NCC(=O)N2CCC[C@H]2C(=O)NCC(=O)N2CCC[C@H]2C(=O)N[C@@H](Cc2ccccc2)C(=O)N[C@H]1Cc1ccccc1. The van der Waals surface area contributed by atoms with E-state index in [2.05, 4.69) is 21.3 Å². The van der Waals surface area contributed by atoms with Gasteiger partial charge in [-0.3, -0.25) is 28.8 Å². The molecule has 44 heavy (non-hydrogen) atoms. The Morgan fingerprint density at radius 2 is 0.977 bits per heavy atom. The van der Waals surface area contributed by atoms with Crippen LogP contribution in [0.1, 0.15) is 36.8 Å². The molecule has 0 radical (unpaired) electrons. The summed E-state index contributed by atoms with van der Waals surface area (Å²) in [5, 5.41) is 10.9. The lowest BCUT2D eigenvalue weighted by Crippen LogP contribution is -2.59. The van der Waals surface area contributed by atoms with Gasteiger partial charge >= 0.3 is 0 Å². The molecule has 2 aromatic carbocycles. The molecule has 5 rings (SSSR count). The molecule has 3 aliphatic rings. The van der Waals surface area contributed by atoms with Crippen LogP contribution in [0.5, 0.6) is 0 Å². The first-order chi connectivity index (χ1) is 21.3. The molecule has 232 valence electrons. The zero-order chi connectivity index (χ0) is 31.1. The molecule has 3 heterocycles. The molecule has 12 nitrogen and oxygen atoms in total. The van der Waals surface area contributed by atoms with E-state index in [4.69, 9.17) is 0 Å². The maximum absolute atomic E-state index is 13.8. The molecule has 0 aliphatic carbocycles. The normalized spacial score (nSPS) is 25.6. The van der Waals surface area contributed by atoms with Gasteiger partial charge in [0.05, 0.1) is 13.1 Å². The smallest absolute Gasteiger partial charge is 0.243 e. The number of carbonyl (C=O) groups excluding carboxylic acids is 6. The van der Waals surface area contributed by atoms with Gasteiger partial charge in [0.25, 0.3) is 0 Å². The lowest BCUT2D eigenvalue weighted by Gasteiger charge is -2.29. The van der Waals surface area contributed by atoms with E-state index in [1.165, 1.54) is 9.80 Å². The lowest BCUT2D eigenvalue weighted by atomic mass is 10.0. The Labute approximate surface area is 255 Å². The maximum Gasteiger partial charge on any atom is 0.243 e. The van der Waals surface area contributed by atoms with E-state index in [1.54, 1.807) is 0 Å². The van der Waals surface area contributed by atoms with Crippen molar-refractivity contribution in [2.75, 3.05) is 26.2 Å². The Bertz CT molecular complexity index is 1390. The topological polar surface area (TPSA) is 157 Å². The maximum atomic E-state index is 13.8. The minimum absolute atomic E-state index is 0.151. The van der Waals surface area contributed by atoms with Crippen LogP contribution in [0.2, 0.25) is 0 Å². The molecule has 0 unspecified atom stereocenters. The van der Waals surface area contributed by atoms with Gasteiger partial charge in [0.1, 0.15) is 24.2 Å². The third kappa shape index (κ3) is 7.42. The molecule has 12 heteroatoms. The van der Waals surface area contributed by atoms with Crippen LogP contribution in [0.25, 0.3) is 0 Å². The highest BCUT2D eigenvalue weighted by Crippen LogP contribution is 2.20. The predicted molar refractivity (Wildman–Crippen MR) is 160 cm³/mol. The van der Waals surface area contributed by atoms with Gasteiger partial charge < -0.3 is 31.1 Å². The first-order valence-electron chi connectivity index (χ1n) is 15.1. The molecule has 4 atom stereocenters. The first-order valence-corrected chi connectivity index (χ1v) is 15.1. The highest BCUT2D eigenvalue weighted by atomic mass is 16.2. The molecule has 4 N–H and O–H groups in total. The minimum Gasteiger partial charge on any atom is -0.345 e. The Balaban J connectivity index is 1.44. The summed E-state index contributed by atoms with van der Waals surface area (Å²) in [5.74, 6) is -2.89. The van der Waals surface area contributed by atoms with Crippen LogP contribution in [0.15, 0.2) is 60.7 Å². The number of nitrogens with zero attached hydrogens (tertiary/aromatic N) is 2. The van der Waals surface area contributed by atoms with Crippen LogP contribution in [-0.2, 0) is 41.6 Å². The van der Waals surface area contributed by atoms with E-state index in [0.29, 0.717) is 38.8 Å². The molecule has 3 fully saturated rings. The fourth-order valence-electron chi connectivity index (χ4n) is 6.10. The monoisotopic (exact) mass is 602 g/mol. The van der Waals surface area contributed by atoms with Crippen LogP contribution in [0, 0.1) is 0 Å². The van der Waals surface area contributed by atoms with Gasteiger partial charge in [-0.25, -0.2) is 0 Å². The highest BCUT2D eigenvalue weighted by molar-refractivity contribution is 5.97. The van der Waals surface area contributed by atoms with Crippen molar-refractivity contribution in [1.82, 2.24) is 31.1 Å². The van der Waals surface area contributed by atoms with Crippen molar-refractivity contribution in [2.24, 2.45) is 0 Å². The van der Waals surface area contributed by atoms with Crippen molar-refractivity contribution in [3.05, 3.63) is 71.8 Å². The summed E-state index contributed by atoms with van der Waals surface area (Å²) in [6.07, 6.45) is 2.36. The second-order valence-corrected chi connectivity index (χ2v) is 11.4. The van der Waals surface area contributed by atoms with Crippen molar-refractivity contribution < 1.29 is 28.8 Å². The van der Waals surface area contributed by atoms with Crippen molar-refractivity contribution in [3.63, 3.8) is 0 Å². The Kier molecular flexibility index (Phi) is 9.88. The largest absolute Gasteiger partial charge is 0.345 e. The summed E-state index contributed by atoms with van der Waals surface area (Å²) in [7, 11) is 0. The van der Waals surface area contributed by atoms with Gasteiger partial charge in [-0.2, -0.15) is 0 Å².